The summed E-state index contributed by atoms with van der Waals surface area (Å²) in [6.07, 6.45) is -2.71. The molecule has 0 bridgehead atoms. The van der Waals surface area contributed by atoms with E-state index in [1.165, 1.54) is 0 Å². The van der Waals surface area contributed by atoms with Gasteiger partial charge in [0.05, 0.1) is 13.2 Å². The maximum absolute atomic E-state index is 12.1. The number of amides is 1. The first-order valence-electron chi connectivity index (χ1n) is 4.32. The number of nitrogen functional groups attached to an aromatic ring is 1. The number of carbonyl (C=O) groups excluding carboxylic acids is 1. The van der Waals surface area contributed by atoms with E-state index in [-0.39, 0.29) is 18.1 Å². The van der Waals surface area contributed by atoms with E-state index in [4.69, 9.17) is 10.8 Å². The minimum atomic E-state index is -2.71. The van der Waals surface area contributed by atoms with E-state index in [9.17, 15) is 13.6 Å². The van der Waals surface area contributed by atoms with Crippen LogP contribution in [0.1, 0.15) is 10.5 Å². The van der Waals surface area contributed by atoms with Crippen molar-refractivity contribution in [3.63, 3.8) is 0 Å². The van der Waals surface area contributed by atoms with Gasteiger partial charge in [0, 0.05) is 6.54 Å². The molecule has 7 nitrogen and oxygen atoms in total. The number of hydrogen-bond donors (Lipinski definition) is 2. The van der Waals surface area contributed by atoms with Crippen LogP contribution in [0.4, 0.5) is 14.6 Å². The van der Waals surface area contributed by atoms with Crippen molar-refractivity contribution in [2.45, 2.75) is 6.43 Å². The van der Waals surface area contributed by atoms with Gasteiger partial charge in [0.25, 0.3) is 12.3 Å². The van der Waals surface area contributed by atoms with Crippen LogP contribution in [0.15, 0.2) is 4.63 Å². The Morgan fingerprint density at radius 1 is 1.56 bits per heavy atom. The van der Waals surface area contributed by atoms with E-state index < -0.39 is 25.5 Å². The highest BCUT2D eigenvalue weighted by Crippen LogP contribution is 2.09. The fourth-order valence-electron chi connectivity index (χ4n) is 1.06. The first-order chi connectivity index (χ1) is 7.56. The highest BCUT2D eigenvalue weighted by atomic mass is 19.3. The summed E-state index contributed by atoms with van der Waals surface area (Å²) in [5.74, 6) is -1.13. The third-order valence-corrected chi connectivity index (χ3v) is 1.73. The predicted octanol–water partition coefficient (Wildman–Crippen LogP) is -0.649. The minimum Gasteiger partial charge on any atom is -0.395 e. The fourth-order valence-corrected chi connectivity index (χ4v) is 1.06. The summed E-state index contributed by atoms with van der Waals surface area (Å²) in [6.45, 7) is -1.50. The van der Waals surface area contributed by atoms with E-state index in [0.29, 0.717) is 0 Å². The van der Waals surface area contributed by atoms with Crippen molar-refractivity contribution in [1.29, 1.82) is 0 Å². The molecule has 90 valence electrons. The monoisotopic (exact) mass is 236 g/mol. The van der Waals surface area contributed by atoms with Crippen LogP contribution >= 0.6 is 0 Å². The summed E-state index contributed by atoms with van der Waals surface area (Å²) in [6, 6.07) is 0. The summed E-state index contributed by atoms with van der Waals surface area (Å²) >= 11 is 0. The largest absolute Gasteiger partial charge is 0.395 e. The number of alkyl halides is 2. The van der Waals surface area contributed by atoms with Gasteiger partial charge in [-0.3, -0.25) is 4.79 Å². The Bertz CT molecular complexity index is 357. The molecule has 0 radical (unpaired) electrons. The third kappa shape index (κ3) is 2.86. The van der Waals surface area contributed by atoms with E-state index >= 15 is 0 Å². The lowest BCUT2D eigenvalue weighted by Gasteiger charge is -2.19. The molecule has 16 heavy (non-hydrogen) atoms. The van der Waals surface area contributed by atoms with E-state index in [1.807, 2.05) is 0 Å². The Morgan fingerprint density at radius 2 is 2.25 bits per heavy atom. The van der Waals surface area contributed by atoms with Gasteiger partial charge in [0.15, 0.2) is 0 Å². The molecule has 0 fully saturated rings. The number of carbonyl (C=O) groups is 1. The van der Waals surface area contributed by atoms with Gasteiger partial charge in [-0.15, -0.1) is 0 Å². The average molecular weight is 236 g/mol. The second-order valence-electron chi connectivity index (χ2n) is 2.86. The number of anilines is 1. The number of halogens is 2. The summed E-state index contributed by atoms with van der Waals surface area (Å²) in [5, 5.41) is 15.0. The van der Waals surface area contributed by atoms with Gasteiger partial charge in [-0.05, 0) is 10.3 Å². The van der Waals surface area contributed by atoms with Crippen molar-refractivity contribution >= 4 is 11.7 Å². The minimum absolute atomic E-state index is 0.241. The molecule has 3 N–H and O–H groups in total. The first-order valence-corrected chi connectivity index (χ1v) is 4.32. The molecular formula is C7H10F2N4O3. The van der Waals surface area contributed by atoms with E-state index in [1.54, 1.807) is 0 Å². The molecule has 1 heterocycles. The van der Waals surface area contributed by atoms with Crippen LogP contribution in [-0.2, 0) is 0 Å². The first kappa shape index (κ1) is 12.3. The van der Waals surface area contributed by atoms with Crippen LogP contribution in [0.2, 0.25) is 0 Å². The molecule has 0 aliphatic carbocycles. The topological polar surface area (TPSA) is 105 Å². The average Bonchev–Trinajstić information content (AvgIpc) is 2.62. The Hall–Kier alpha value is -1.77. The number of aromatic nitrogens is 2. The van der Waals surface area contributed by atoms with Crippen molar-refractivity contribution in [3.8, 4) is 0 Å². The molecule has 1 aromatic rings. The number of aliphatic hydroxyl groups is 1. The fraction of sp³-hybridized carbons (Fsp3) is 0.571. The number of nitrogens with zero attached hydrogens (tertiary/aromatic N) is 3. The Morgan fingerprint density at radius 3 is 2.69 bits per heavy atom. The van der Waals surface area contributed by atoms with Gasteiger partial charge in [-0.2, -0.15) is 0 Å². The number of nitrogens with two attached hydrogens (primary N) is 1. The Kier molecular flexibility index (Phi) is 4.11. The second kappa shape index (κ2) is 5.35. The maximum atomic E-state index is 12.1. The number of aliphatic hydroxyl groups excluding tert-OH is 1. The zero-order valence-corrected chi connectivity index (χ0v) is 8.14. The number of rotatable bonds is 5. The molecule has 0 saturated carbocycles. The lowest BCUT2D eigenvalue weighted by molar-refractivity contribution is 0.0501. The van der Waals surface area contributed by atoms with Crippen molar-refractivity contribution in [1.82, 2.24) is 15.2 Å². The molecule has 0 spiro atoms. The number of hydrogen-bond acceptors (Lipinski definition) is 6. The van der Waals surface area contributed by atoms with Crippen LogP contribution in [-0.4, -0.2) is 52.3 Å². The highest BCUT2D eigenvalue weighted by molar-refractivity contribution is 5.96. The standard InChI is InChI=1S/C7H10F2N4O3/c8-4(9)3-13(1-2-14)7(15)5-6(10)12-16-11-5/h4,14H,1-3H2,(H2,10,12). The van der Waals surface area contributed by atoms with Crippen LogP contribution in [0.25, 0.3) is 0 Å². The lowest BCUT2D eigenvalue weighted by Crippen LogP contribution is -2.37. The van der Waals surface area contributed by atoms with Gasteiger partial charge >= 0.3 is 0 Å². The van der Waals surface area contributed by atoms with Crippen molar-refractivity contribution in [3.05, 3.63) is 5.69 Å². The summed E-state index contributed by atoms with van der Waals surface area (Å²) < 4.78 is 28.5. The maximum Gasteiger partial charge on any atom is 0.280 e. The zero-order valence-electron chi connectivity index (χ0n) is 8.14. The molecular weight excluding hydrogens is 226 g/mol. The molecule has 1 aromatic heterocycles. The Labute approximate surface area is 88.8 Å². The van der Waals surface area contributed by atoms with Crippen LogP contribution in [0.5, 0.6) is 0 Å². The predicted molar refractivity (Wildman–Crippen MR) is 47.7 cm³/mol. The van der Waals surface area contributed by atoms with Gasteiger partial charge in [-0.25, -0.2) is 13.4 Å². The SMILES string of the molecule is Nc1nonc1C(=O)N(CCO)CC(F)F. The van der Waals surface area contributed by atoms with Gasteiger partial charge < -0.3 is 15.7 Å². The highest BCUT2D eigenvalue weighted by Gasteiger charge is 2.24. The van der Waals surface area contributed by atoms with Crippen LogP contribution in [0.3, 0.4) is 0 Å². The van der Waals surface area contributed by atoms with Crippen LogP contribution in [0, 0.1) is 0 Å². The second-order valence-corrected chi connectivity index (χ2v) is 2.86. The third-order valence-electron chi connectivity index (χ3n) is 1.73. The molecule has 0 aliphatic heterocycles. The van der Waals surface area contributed by atoms with E-state index in [0.717, 1.165) is 4.90 Å². The summed E-state index contributed by atoms with van der Waals surface area (Å²) in [5.41, 5.74) is 4.90. The van der Waals surface area contributed by atoms with Gasteiger partial charge in [0.2, 0.25) is 11.5 Å². The molecule has 1 rings (SSSR count). The molecule has 0 atom stereocenters. The quantitative estimate of drug-likeness (QED) is 0.703. The van der Waals surface area contributed by atoms with Crippen LogP contribution < -0.4 is 5.73 Å². The summed E-state index contributed by atoms with van der Waals surface area (Å²) in [7, 11) is 0. The molecule has 0 saturated heterocycles. The van der Waals surface area contributed by atoms with Crippen molar-refractivity contribution < 1.29 is 23.3 Å². The lowest BCUT2D eigenvalue weighted by atomic mass is 10.3. The Balaban J connectivity index is 2.78. The normalized spacial score (nSPS) is 10.8. The van der Waals surface area contributed by atoms with Gasteiger partial charge in [-0.1, -0.05) is 0 Å². The molecule has 0 aliphatic rings. The zero-order chi connectivity index (χ0) is 12.1. The smallest absolute Gasteiger partial charge is 0.280 e. The molecule has 9 heteroatoms. The molecule has 0 aromatic carbocycles. The van der Waals surface area contributed by atoms with E-state index in [2.05, 4.69) is 14.9 Å². The summed E-state index contributed by atoms with van der Waals surface area (Å²) in [4.78, 5) is 12.3. The molecule has 1 amide bonds. The van der Waals surface area contributed by atoms with Crippen molar-refractivity contribution in [2.75, 3.05) is 25.4 Å². The van der Waals surface area contributed by atoms with Crippen molar-refractivity contribution in [2.24, 2.45) is 0 Å². The molecule has 0 unspecified atom stereocenters. The van der Waals surface area contributed by atoms with Gasteiger partial charge in [0.1, 0.15) is 0 Å².